The lowest BCUT2D eigenvalue weighted by atomic mass is 9.89. The second-order valence-corrected chi connectivity index (χ2v) is 9.22. The predicted octanol–water partition coefficient (Wildman–Crippen LogP) is 3.50. The Kier molecular flexibility index (Phi) is 5.90. The van der Waals surface area contributed by atoms with Gasteiger partial charge < -0.3 is 20.3 Å². The molecule has 9 heteroatoms. The van der Waals surface area contributed by atoms with Crippen molar-refractivity contribution in [3.63, 3.8) is 0 Å². The normalized spacial score (nSPS) is 22.5. The molecule has 1 aromatic carbocycles. The van der Waals surface area contributed by atoms with E-state index in [0.29, 0.717) is 23.6 Å². The summed E-state index contributed by atoms with van der Waals surface area (Å²) >= 11 is 0. The number of piperazine rings is 1. The lowest BCUT2D eigenvalue weighted by molar-refractivity contribution is 0.0828. The molecule has 5 rings (SSSR count). The van der Waals surface area contributed by atoms with Crippen molar-refractivity contribution in [1.82, 2.24) is 24.3 Å². The number of fused-ring (bicyclic) bond motifs is 1. The lowest BCUT2D eigenvalue weighted by Crippen LogP contribution is -2.49. The van der Waals surface area contributed by atoms with E-state index >= 15 is 0 Å². The van der Waals surface area contributed by atoms with Crippen LogP contribution in [0.4, 0.5) is 16.3 Å². The zero-order valence-electron chi connectivity index (χ0n) is 18.9. The SMILES string of the molecule is CN1CCN(C2CCC(n3cc(-c4ccc(NC(=O)O)cc4)c4c(N)ncnc43)CC2)CC1. The van der Waals surface area contributed by atoms with Crippen LogP contribution in [0, 0.1) is 0 Å². The van der Waals surface area contributed by atoms with Gasteiger partial charge in [0.2, 0.25) is 0 Å². The van der Waals surface area contributed by atoms with Crippen molar-refractivity contribution in [2.75, 3.05) is 44.3 Å². The van der Waals surface area contributed by atoms with E-state index in [-0.39, 0.29) is 0 Å². The quantitative estimate of drug-likeness (QED) is 0.559. The van der Waals surface area contributed by atoms with Gasteiger partial charge in [0.1, 0.15) is 17.8 Å². The Morgan fingerprint density at radius 2 is 1.70 bits per heavy atom. The zero-order chi connectivity index (χ0) is 22.9. The van der Waals surface area contributed by atoms with Crippen molar-refractivity contribution in [2.24, 2.45) is 0 Å². The van der Waals surface area contributed by atoms with Crippen LogP contribution >= 0.6 is 0 Å². The van der Waals surface area contributed by atoms with Crippen LogP contribution in [0.1, 0.15) is 31.7 Å². The monoisotopic (exact) mass is 449 g/mol. The van der Waals surface area contributed by atoms with Crippen LogP contribution in [0.2, 0.25) is 0 Å². The molecule has 33 heavy (non-hydrogen) atoms. The Balaban J connectivity index is 1.40. The number of amides is 1. The molecule has 1 saturated heterocycles. The van der Waals surface area contributed by atoms with E-state index in [1.165, 1.54) is 32.3 Å². The number of carbonyl (C=O) groups is 1. The molecule has 4 N–H and O–H groups in total. The first-order valence-corrected chi connectivity index (χ1v) is 11.6. The number of benzene rings is 1. The molecule has 1 saturated carbocycles. The number of nitrogens with two attached hydrogens (primary N) is 1. The van der Waals surface area contributed by atoms with E-state index in [0.717, 1.165) is 48.1 Å². The zero-order valence-corrected chi connectivity index (χ0v) is 18.9. The van der Waals surface area contributed by atoms with Crippen molar-refractivity contribution < 1.29 is 9.90 Å². The van der Waals surface area contributed by atoms with Crippen molar-refractivity contribution in [2.45, 2.75) is 37.8 Å². The molecule has 2 aromatic heterocycles. The highest BCUT2D eigenvalue weighted by atomic mass is 16.4. The number of rotatable bonds is 4. The fourth-order valence-electron chi connectivity index (χ4n) is 5.35. The molecular weight excluding hydrogens is 418 g/mol. The summed E-state index contributed by atoms with van der Waals surface area (Å²) in [6.07, 6.45) is 7.23. The van der Waals surface area contributed by atoms with E-state index in [9.17, 15) is 4.79 Å². The highest BCUT2D eigenvalue weighted by Gasteiger charge is 2.29. The first kappa shape index (κ1) is 21.7. The maximum Gasteiger partial charge on any atom is 0.409 e. The minimum absolute atomic E-state index is 0.382. The van der Waals surface area contributed by atoms with E-state index in [1.54, 1.807) is 12.1 Å². The van der Waals surface area contributed by atoms with Gasteiger partial charge >= 0.3 is 6.09 Å². The van der Waals surface area contributed by atoms with Gasteiger partial charge in [0.25, 0.3) is 0 Å². The van der Waals surface area contributed by atoms with Gasteiger partial charge in [-0.05, 0) is 50.4 Å². The number of nitrogens with one attached hydrogen (secondary N) is 1. The van der Waals surface area contributed by atoms with Crippen molar-refractivity contribution in [3.8, 4) is 11.1 Å². The number of hydrogen-bond acceptors (Lipinski definition) is 6. The van der Waals surface area contributed by atoms with Crippen LogP contribution in [0.25, 0.3) is 22.2 Å². The maximum absolute atomic E-state index is 10.9. The molecule has 0 radical (unpaired) electrons. The van der Waals surface area contributed by atoms with E-state index < -0.39 is 6.09 Å². The summed E-state index contributed by atoms with van der Waals surface area (Å²) in [7, 11) is 2.20. The Bertz CT molecular complexity index is 1130. The largest absolute Gasteiger partial charge is 0.465 e. The topological polar surface area (TPSA) is 113 Å². The highest BCUT2D eigenvalue weighted by molar-refractivity contribution is 6.01. The molecule has 2 aliphatic rings. The molecule has 2 fully saturated rings. The van der Waals surface area contributed by atoms with Crippen LogP contribution in [-0.4, -0.2) is 74.8 Å². The van der Waals surface area contributed by atoms with Gasteiger partial charge in [0.15, 0.2) is 0 Å². The van der Waals surface area contributed by atoms with Crippen LogP contribution in [0.3, 0.4) is 0 Å². The first-order valence-electron chi connectivity index (χ1n) is 11.6. The number of carboxylic acid groups (broad SMARTS) is 1. The highest BCUT2D eigenvalue weighted by Crippen LogP contribution is 2.39. The molecule has 9 nitrogen and oxygen atoms in total. The maximum atomic E-state index is 10.9. The summed E-state index contributed by atoms with van der Waals surface area (Å²) in [4.78, 5) is 24.8. The standard InChI is InChI=1S/C24H31N7O2/c1-29-10-12-30(13-11-29)18-6-8-19(9-7-18)31-14-20(21-22(25)26-15-27-23(21)31)16-2-4-17(5-3-16)28-24(32)33/h2-5,14-15,18-19,28H,6-13H2,1H3,(H,32,33)(H2,25,26,27). The minimum Gasteiger partial charge on any atom is -0.465 e. The molecule has 0 unspecified atom stereocenters. The van der Waals surface area contributed by atoms with E-state index in [1.807, 2.05) is 12.1 Å². The number of aromatic nitrogens is 3. The fourth-order valence-corrected chi connectivity index (χ4v) is 5.35. The molecule has 1 aliphatic heterocycles. The summed E-state index contributed by atoms with van der Waals surface area (Å²) in [6, 6.07) is 8.38. The number of likely N-dealkylation sites (N-methyl/N-ethyl adjacent to an activating group) is 1. The van der Waals surface area contributed by atoms with E-state index in [2.05, 4.69) is 42.9 Å². The van der Waals surface area contributed by atoms with E-state index in [4.69, 9.17) is 10.8 Å². The third-order valence-corrected chi connectivity index (χ3v) is 7.20. The summed E-state index contributed by atoms with van der Waals surface area (Å²) in [6.45, 7) is 4.64. The van der Waals surface area contributed by atoms with Gasteiger partial charge in [-0.15, -0.1) is 0 Å². The van der Waals surface area contributed by atoms with Gasteiger partial charge in [0, 0.05) is 55.7 Å². The Morgan fingerprint density at radius 3 is 2.36 bits per heavy atom. The molecule has 3 aromatic rings. The van der Waals surface area contributed by atoms with Crippen LogP contribution in [-0.2, 0) is 0 Å². The molecule has 1 aliphatic carbocycles. The minimum atomic E-state index is -1.08. The summed E-state index contributed by atoms with van der Waals surface area (Å²) in [5.41, 5.74) is 9.63. The summed E-state index contributed by atoms with van der Waals surface area (Å²) in [5.74, 6) is 0.465. The van der Waals surface area contributed by atoms with Crippen molar-refractivity contribution in [3.05, 3.63) is 36.8 Å². The second-order valence-electron chi connectivity index (χ2n) is 9.22. The summed E-state index contributed by atoms with van der Waals surface area (Å²) < 4.78 is 2.28. The Labute approximate surface area is 193 Å². The number of nitrogens with zero attached hydrogens (tertiary/aromatic N) is 5. The average Bonchev–Trinajstić information content (AvgIpc) is 3.21. The average molecular weight is 450 g/mol. The van der Waals surface area contributed by atoms with Gasteiger partial charge in [0.05, 0.1) is 5.39 Å². The van der Waals surface area contributed by atoms with Crippen LogP contribution < -0.4 is 11.1 Å². The third-order valence-electron chi connectivity index (χ3n) is 7.20. The third kappa shape index (κ3) is 4.38. The molecule has 0 spiro atoms. The van der Waals surface area contributed by atoms with Gasteiger partial charge in [-0.3, -0.25) is 10.2 Å². The molecular formula is C24H31N7O2. The van der Waals surface area contributed by atoms with Crippen molar-refractivity contribution in [1.29, 1.82) is 0 Å². The molecule has 174 valence electrons. The molecule has 0 atom stereocenters. The number of hydrogen-bond donors (Lipinski definition) is 3. The molecule has 1 amide bonds. The predicted molar refractivity (Wildman–Crippen MR) is 129 cm³/mol. The second kappa shape index (κ2) is 8.99. The number of nitrogen functional groups attached to an aromatic ring is 1. The lowest BCUT2D eigenvalue weighted by Gasteiger charge is -2.41. The Morgan fingerprint density at radius 1 is 1.03 bits per heavy atom. The van der Waals surface area contributed by atoms with Gasteiger partial charge in [-0.2, -0.15) is 0 Å². The fraction of sp³-hybridized carbons (Fsp3) is 0.458. The Hall–Kier alpha value is -3.17. The number of anilines is 2. The van der Waals surface area contributed by atoms with Gasteiger partial charge in [-0.1, -0.05) is 12.1 Å². The first-order chi connectivity index (χ1) is 16.0. The van der Waals surface area contributed by atoms with Crippen molar-refractivity contribution >= 4 is 28.6 Å². The smallest absolute Gasteiger partial charge is 0.409 e. The molecule has 3 heterocycles. The summed E-state index contributed by atoms with van der Waals surface area (Å²) in [5, 5.41) is 12.2. The van der Waals surface area contributed by atoms with Gasteiger partial charge in [-0.25, -0.2) is 14.8 Å². The van der Waals surface area contributed by atoms with Crippen LogP contribution in [0.15, 0.2) is 36.8 Å². The van der Waals surface area contributed by atoms with Crippen LogP contribution in [0.5, 0.6) is 0 Å². The molecule has 0 bridgehead atoms.